The van der Waals surface area contributed by atoms with Gasteiger partial charge in [-0.05, 0) is 50.6 Å². The highest BCUT2D eigenvalue weighted by Crippen LogP contribution is 2.30. The van der Waals surface area contributed by atoms with Gasteiger partial charge in [-0.2, -0.15) is 4.98 Å². The highest BCUT2D eigenvalue weighted by Gasteiger charge is 2.30. The normalized spacial score (nSPS) is 16.3. The van der Waals surface area contributed by atoms with Gasteiger partial charge in [0.15, 0.2) is 0 Å². The molecule has 1 aliphatic rings. The van der Waals surface area contributed by atoms with Gasteiger partial charge in [-0.15, -0.1) is 0 Å². The van der Waals surface area contributed by atoms with Crippen molar-refractivity contribution in [3.8, 4) is 22.9 Å². The lowest BCUT2D eigenvalue weighted by molar-refractivity contribution is -0.123. The molecular weight excluding hydrogens is 420 g/mol. The topological polar surface area (TPSA) is 89.7 Å². The highest BCUT2D eigenvalue weighted by molar-refractivity contribution is 5.78. The lowest BCUT2D eigenvalue weighted by Gasteiger charge is -2.32. The number of ether oxygens (including phenoxy) is 2. The molecule has 8 nitrogen and oxygen atoms in total. The van der Waals surface area contributed by atoms with E-state index in [2.05, 4.69) is 20.4 Å². The summed E-state index contributed by atoms with van der Waals surface area (Å²) in [5, 5.41) is 7.08. The summed E-state index contributed by atoms with van der Waals surface area (Å²) in [7, 11) is 0. The molecule has 1 atom stereocenters. The Bertz CT molecular complexity index is 1010. The van der Waals surface area contributed by atoms with E-state index in [-0.39, 0.29) is 18.5 Å². The van der Waals surface area contributed by atoms with Gasteiger partial charge in [-0.1, -0.05) is 41.9 Å². The summed E-state index contributed by atoms with van der Waals surface area (Å²) in [6.45, 7) is 4.52. The maximum atomic E-state index is 12.6. The van der Waals surface area contributed by atoms with Crippen molar-refractivity contribution < 1.29 is 18.8 Å². The van der Waals surface area contributed by atoms with E-state index in [4.69, 9.17) is 14.0 Å². The number of piperidine rings is 1. The largest absolute Gasteiger partial charge is 0.494 e. The Morgan fingerprint density at radius 1 is 1.09 bits per heavy atom. The SMILES string of the molecule is CCOc1ccc(OCCNC(=O)CN2CCCCC2c2nc(-c3ccccc3)no2)cc1. The Hall–Kier alpha value is -3.39. The van der Waals surface area contributed by atoms with Crippen LogP contribution in [0, 0.1) is 0 Å². The monoisotopic (exact) mass is 450 g/mol. The molecule has 174 valence electrons. The van der Waals surface area contributed by atoms with Crippen LogP contribution in [0.5, 0.6) is 11.5 Å². The van der Waals surface area contributed by atoms with Crippen LogP contribution >= 0.6 is 0 Å². The Morgan fingerprint density at radius 3 is 2.61 bits per heavy atom. The number of carbonyl (C=O) groups is 1. The summed E-state index contributed by atoms with van der Waals surface area (Å²) in [5.74, 6) is 2.66. The standard InChI is InChI=1S/C25H30N4O4/c1-2-31-20-11-13-21(14-12-20)32-17-15-26-23(30)18-29-16-7-6-10-22(29)25-27-24(28-33-25)19-8-4-3-5-9-19/h3-5,8-9,11-14,22H,2,6-7,10,15-18H2,1H3,(H,26,30). The molecule has 4 rings (SSSR count). The van der Waals surface area contributed by atoms with Gasteiger partial charge in [-0.3, -0.25) is 9.69 Å². The number of rotatable bonds is 10. The van der Waals surface area contributed by atoms with E-state index in [0.29, 0.717) is 31.5 Å². The van der Waals surface area contributed by atoms with Crippen molar-refractivity contribution in [3.63, 3.8) is 0 Å². The summed E-state index contributed by atoms with van der Waals surface area (Å²) < 4.78 is 16.7. The third-order valence-corrected chi connectivity index (χ3v) is 5.55. The molecule has 1 unspecified atom stereocenters. The Morgan fingerprint density at radius 2 is 1.85 bits per heavy atom. The fourth-order valence-electron chi connectivity index (χ4n) is 3.93. The molecule has 1 aromatic heterocycles. The van der Waals surface area contributed by atoms with Crippen molar-refractivity contribution in [2.24, 2.45) is 0 Å². The first-order chi connectivity index (χ1) is 16.2. The lowest BCUT2D eigenvalue weighted by Crippen LogP contribution is -2.42. The lowest BCUT2D eigenvalue weighted by atomic mass is 10.0. The van der Waals surface area contributed by atoms with Crippen molar-refractivity contribution in [2.45, 2.75) is 32.2 Å². The van der Waals surface area contributed by atoms with Crippen LogP contribution in [-0.2, 0) is 4.79 Å². The molecule has 2 heterocycles. The number of hydrogen-bond donors (Lipinski definition) is 1. The van der Waals surface area contributed by atoms with E-state index >= 15 is 0 Å². The van der Waals surface area contributed by atoms with Crippen molar-refractivity contribution in [3.05, 3.63) is 60.5 Å². The van der Waals surface area contributed by atoms with Crippen molar-refractivity contribution in [2.75, 3.05) is 32.8 Å². The van der Waals surface area contributed by atoms with Gasteiger partial charge < -0.3 is 19.3 Å². The van der Waals surface area contributed by atoms with Gasteiger partial charge in [0.05, 0.1) is 25.7 Å². The minimum absolute atomic E-state index is 0.0417. The zero-order valence-corrected chi connectivity index (χ0v) is 18.9. The number of nitrogens with one attached hydrogen (secondary N) is 1. The smallest absolute Gasteiger partial charge is 0.244 e. The summed E-state index contributed by atoms with van der Waals surface area (Å²) in [5.41, 5.74) is 0.917. The van der Waals surface area contributed by atoms with Gasteiger partial charge >= 0.3 is 0 Å². The maximum absolute atomic E-state index is 12.6. The number of aromatic nitrogens is 2. The van der Waals surface area contributed by atoms with Gasteiger partial charge in [0, 0.05) is 5.56 Å². The molecule has 1 N–H and O–H groups in total. The van der Waals surface area contributed by atoms with Crippen LogP contribution < -0.4 is 14.8 Å². The van der Waals surface area contributed by atoms with Crippen molar-refractivity contribution in [1.82, 2.24) is 20.4 Å². The van der Waals surface area contributed by atoms with Gasteiger partial charge in [-0.25, -0.2) is 0 Å². The van der Waals surface area contributed by atoms with Crippen LogP contribution in [0.1, 0.15) is 38.1 Å². The molecule has 1 aliphatic heterocycles. The fourth-order valence-corrected chi connectivity index (χ4v) is 3.93. The number of hydrogen-bond acceptors (Lipinski definition) is 7. The molecule has 8 heteroatoms. The van der Waals surface area contributed by atoms with Crippen molar-refractivity contribution in [1.29, 1.82) is 0 Å². The maximum Gasteiger partial charge on any atom is 0.244 e. The quantitative estimate of drug-likeness (QED) is 0.469. The summed E-state index contributed by atoms with van der Waals surface area (Å²) >= 11 is 0. The zero-order valence-electron chi connectivity index (χ0n) is 18.9. The van der Waals surface area contributed by atoms with E-state index in [0.717, 1.165) is 42.9 Å². The van der Waals surface area contributed by atoms with E-state index in [9.17, 15) is 4.79 Å². The average molecular weight is 451 g/mol. The molecule has 0 radical (unpaired) electrons. The first-order valence-corrected chi connectivity index (χ1v) is 11.5. The number of benzene rings is 2. The molecule has 1 fully saturated rings. The Labute approximate surface area is 193 Å². The predicted octanol–water partition coefficient (Wildman–Crippen LogP) is 3.86. The second-order valence-corrected chi connectivity index (χ2v) is 7.91. The summed E-state index contributed by atoms with van der Waals surface area (Å²) in [4.78, 5) is 19.3. The van der Waals surface area contributed by atoms with E-state index in [1.54, 1.807) is 0 Å². The van der Waals surface area contributed by atoms with Crippen LogP contribution in [-0.4, -0.2) is 53.8 Å². The first-order valence-electron chi connectivity index (χ1n) is 11.5. The third-order valence-electron chi connectivity index (χ3n) is 5.55. The minimum Gasteiger partial charge on any atom is -0.494 e. The summed E-state index contributed by atoms with van der Waals surface area (Å²) in [6.07, 6.45) is 3.01. The second-order valence-electron chi connectivity index (χ2n) is 7.91. The van der Waals surface area contributed by atoms with Gasteiger partial charge in [0.1, 0.15) is 18.1 Å². The zero-order chi connectivity index (χ0) is 22.9. The molecule has 1 amide bonds. The molecule has 1 saturated heterocycles. The first kappa shape index (κ1) is 22.8. The predicted molar refractivity (Wildman–Crippen MR) is 124 cm³/mol. The molecule has 33 heavy (non-hydrogen) atoms. The molecule has 0 saturated carbocycles. The van der Waals surface area contributed by atoms with Gasteiger partial charge in [0.25, 0.3) is 0 Å². The molecule has 0 bridgehead atoms. The molecule has 3 aromatic rings. The molecule has 0 spiro atoms. The van der Waals surface area contributed by atoms with Crippen molar-refractivity contribution >= 4 is 5.91 Å². The van der Waals surface area contributed by atoms with Crippen LogP contribution in [0.25, 0.3) is 11.4 Å². The fraction of sp³-hybridized carbons (Fsp3) is 0.400. The third kappa shape index (κ3) is 6.32. The molecule has 0 aliphatic carbocycles. The van der Waals surface area contributed by atoms with E-state index < -0.39 is 0 Å². The molecule has 2 aromatic carbocycles. The number of carbonyl (C=O) groups excluding carboxylic acids is 1. The molecular formula is C25H30N4O4. The number of likely N-dealkylation sites (tertiary alicyclic amines) is 1. The number of nitrogens with zero attached hydrogens (tertiary/aromatic N) is 3. The minimum atomic E-state index is -0.0467. The van der Waals surface area contributed by atoms with Crippen LogP contribution in [0.3, 0.4) is 0 Å². The van der Waals surface area contributed by atoms with Crippen LogP contribution in [0.15, 0.2) is 59.1 Å². The van der Waals surface area contributed by atoms with Gasteiger partial charge in [0.2, 0.25) is 17.6 Å². The van der Waals surface area contributed by atoms with E-state index in [1.165, 1.54) is 0 Å². The van der Waals surface area contributed by atoms with Crippen LogP contribution in [0.4, 0.5) is 0 Å². The van der Waals surface area contributed by atoms with Crippen LogP contribution in [0.2, 0.25) is 0 Å². The second kappa shape index (κ2) is 11.5. The summed E-state index contributed by atoms with van der Waals surface area (Å²) in [6, 6.07) is 17.2. The Kier molecular flexibility index (Phi) is 7.92. The number of amides is 1. The highest BCUT2D eigenvalue weighted by atomic mass is 16.5. The van der Waals surface area contributed by atoms with E-state index in [1.807, 2.05) is 61.5 Å². The average Bonchev–Trinajstić information content (AvgIpc) is 3.34. The Balaban J connectivity index is 1.25.